The van der Waals surface area contributed by atoms with Gasteiger partial charge in [-0.1, -0.05) is 6.92 Å². The maximum absolute atomic E-state index is 10.7. The van der Waals surface area contributed by atoms with Crippen molar-refractivity contribution in [3.8, 4) is 0 Å². The fraction of sp³-hybridized carbons (Fsp3) is 0.800. The van der Waals surface area contributed by atoms with Crippen LogP contribution in [0.5, 0.6) is 0 Å². The van der Waals surface area contributed by atoms with Crippen LogP contribution in [0, 0.1) is 29.6 Å². The smallest absolute Gasteiger partial charge is 0.211 e. The Bertz CT molecular complexity index is 516. The molecule has 0 saturated heterocycles. The van der Waals surface area contributed by atoms with Crippen LogP contribution in [0.3, 0.4) is 0 Å². The summed E-state index contributed by atoms with van der Waals surface area (Å²) in [6, 6.07) is -0.0904. The van der Waals surface area contributed by atoms with Crippen molar-refractivity contribution in [2.24, 2.45) is 44.6 Å². The number of isocyanates is 3. The molecule has 112 valence electrons. The Morgan fingerprint density at radius 3 is 2.38 bits per heavy atom. The number of hydrogen-bond donors (Lipinski definition) is 0. The third-order valence-corrected chi connectivity index (χ3v) is 5.22. The third-order valence-electron chi connectivity index (χ3n) is 5.22. The molecule has 2 fully saturated rings. The van der Waals surface area contributed by atoms with Gasteiger partial charge in [0.1, 0.15) is 0 Å². The van der Waals surface area contributed by atoms with E-state index in [-0.39, 0.29) is 17.9 Å². The molecule has 0 spiro atoms. The number of aliphatic imine (C=N–C) groups is 3. The predicted octanol–water partition coefficient (Wildman–Crippen LogP) is 1.66. The monoisotopic (exact) mass is 289 g/mol. The van der Waals surface area contributed by atoms with Gasteiger partial charge in [0.2, 0.25) is 18.2 Å². The van der Waals surface area contributed by atoms with Crippen molar-refractivity contribution < 1.29 is 14.4 Å². The van der Waals surface area contributed by atoms with Gasteiger partial charge in [-0.15, -0.1) is 0 Å². The Morgan fingerprint density at radius 1 is 1.05 bits per heavy atom. The first kappa shape index (κ1) is 15.5. The lowest BCUT2D eigenvalue weighted by molar-refractivity contribution is 0.143. The second kappa shape index (κ2) is 7.24. The van der Waals surface area contributed by atoms with Crippen LogP contribution in [0.25, 0.3) is 0 Å². The van der Waals surface area contributed by atoms with Gasteiger partial charge in [0.05, 0.1) is 19.1 Å². The molecular weight excluding hydrogens is 270 g/mol. The highest BCUT2D eigenvalue weighted by molar-refractivity contribution is 5.34. The molecule has 6 heteroatoms. The molecule has 6 atom stereocenters. The van der Waals surface area contributed by atoms with Crippen LogP contribution in [0.4, 0.5) is 0 Å². The predicted molar refractivity (Wildman–Crippen MR) is 74.9 cm³/mol. The van der Waals surface area contributed by atoms with Crippen molar-refractivity contribution in [3.63, 3.8) is 0 Å². The van der Waals surface area contributed by atoms with Crippen LogP contribution in [0.1, 0.15) is 26.2 Å². The minimum Gasteiger partial charge on any atom is -0.211 e. The molecule has 2 rings (SSSR count). The Balaban J connectivity index is 2.22. The summed E-state index contributed by atoms with van der Waals surface area (Å²) in [4.78, 5) is 42.8. The molecule has 6 nitrogen and oxygen atoms in total. The van der Waals surface area contributed by atoms with E-state index in [0.717, 1.165) is 19.3 Å². The van der Waals surface area contributed by atoms with Gasteiger partial charge in [-0.3, -0.25) is 0 Å². The number of hydrogen-bond acceptors (Lipinski definition) is 6. The molecule has 2 aliphatic carbocycles. The second-order valence-corrected chi connectivity index (χ2v) is 5.96. The molecule has 2 aliphatic rings. The highest BCUT2D eigenvalue weighted by atomic mass is 16.1. The summed E-state index contributed by atoms with van der Waals surface area (Å²) in [6.45, 7) is 2.94. The fourth-order valence-electron chi connectivity index (χ4n) is 4.52. The van der Waals surface area contributed by atoms with Crippen LogP contribution < -0.4 is 0 Å². The standard InChI is InChI=1S/C15H19N3O3/c1-2-14(18-9-21)15-12-4-10(13(15)6-17-8-20)3-11(12)5-16-7-19/h10-15H,2-6H2,1H3. The fourth-order valence-corrected chi connectivity index (χ4v) is 4.52. The number of carbonyl (C=O) groups excluding carboxylic acids is 3. The van der Waals surface area contributed by atoms with Gasteiger partial charge in [0, 0.05) is 0 Å². The molecular formula is C15H19N3O3. The van der Waals surface area contributed by atoms with Gasteiger partial charge in [-0.2, -0.15) is 0 Å². The van der Waals surface area contributed by atoms with E-state index in [4.69, 9.17) is 0 Å². The van der Waals surface area contributed by atoms with E-state index in [9.17, 15) is 14.4 Å². The van der Waals surface area contributed by atoms with Gasteiger partial charge in [-0.25, -0.2) is 29.4 Å². The Kier molecular flexibility index (Phi) is 5.35. The third kappa shape index (κ3) is 3.08. The summed E-state index contributed by atoms with van der Waals surface area (Å²) in [6.07, 6.45) is 7.67. The molecule has 2 saturated carbocycles. The highest BCUT2D eigenvalue weighted by Gasteiger charge is 2.54. The molecule has 6 unspecified atom stereocenters. The van der Waals surface area contributed by atoms with E-state index in [0.29, 0.717) is 30.8 Å². The SMILES string of the molecule is CCC(N=C=O)C1C(CN=C=O)C2CC(CN=C=O)C1C2. The van der Waals surface area contributed by atoms with Crippen molar-refractivity contribution in [2.45, 2.75) is 32.2 Å². The van der Waals surface area contributed by atoms with Gasteiger partial charge < -0.3 is 0 Å². The van der Waals surface area contributed by atoms with E-state index in [2.05, 4.69) is 15.0 Å². The lowest BCUT2D eigenvalue weighted by atomic mass is 9.70. The Hall–Kier alpha value is -1.86. The number of nitrogens with zero attached hydrogens (tertiary/aromatic N) is 3. The van der Waals surface area contributed by atoms with Gasteiger partial charge in [-0.05, 0) is 48.9 Å². The maximum Gasteiger partial charge on any atom is 0.235 e. The van der Waals surface area contributed by atoms with Gasteiger partial charge >= 0.3 is 0 Å². The minimum atomic E-state index is -0.0904. The Morgan fingerprint density at radius 2 is 1.76 bits per heavy atom. The first-order valence-corrected chi connectivity index (χ1v) is 7.41. The van der Waals surface area contributed by atoms with E-state index in [1.54, 1.807) is 18.2 Å². The van der Waals surface area contributed by atoms with Crippen molar-refractivity contribution in [1.82, 2.24) is 0 Å². The van der Waals surface area contributed by atoms with Crippen molar-refractivity contribution in [2.75, 3.05) is 13.1 Å². The number of rotatable bonds is 7. The minimum absolute atomic E-state index is 0.0904. The summed E-state index contributed by atoms with van der Waals surface area (Å²) in [5, 5.41) is 0. The largest absolute Gasteiger partial charge is 0.235 e. The normalized spacial score (nSPS) is 34.4. The molecule has 0 aromatic rings. The molecule has 0 aromatic carbocycles. The summed E-state index contributed by atoms with van der Waals surface area (Å²) in [5.74, 6) is 1.64. The van der Waals surface area contributed by atoms with Crippen LogP contribution in [-0.2, 0) is 14.4 Å². The average Bonchev–Trinajstić information content (AvgIpc) is 3.06. The first-order chi connectivity index (χ1) is 10.3. The summed E-state index contributed by atoms with van der Waals surface area (Å²) >= 11 is 0. The summed E-state index contributed by atoms with van der Waals surface area (Å²) in [7, 11) is 0. The molecule has 0 amide bonds. The van der Waals surface area contributed by atoms with Crippen LogP contribution in [0.2, 0.25) is 0 Å². The molecule has 2 bridgehead atoms. The van der Waals surface area contributed by atoms with Crippen LogP contribution in [-0.4, -0.2) is 37.4 Å². The van der Waals surface area contributed by atoms with Crippen LogP contribution in [0.15, 0.2) is 15.0 Å². The number of fused-ring (bicyclic) bond motifs is 2. The lowest BCUT2D eigenvalue weighted by Crippen LogP contribution is -2.37. The molecule has 0 heterocycles. The zero-order valence-corrected chi connectivity index (χ0v) is 12.1. The summed E-state index contributed by atoms with van der Waals surface area (Å²) in [5.41, 5.74) is 0. The average molecular weight is 289 g/mol. The van der Waals surface area contributed by atoms with E-state index >= 15 is 0 Å². The van der Waals surface area contributed by atoms with E-state index in [1.165, 1.54) is 0 Å². The molecule has 0 aromatic heterocycles. The van der Waals surface area contributed by atoms with Crippen LogP contribution >= 0.6 is 0 Å². The zero-order chi connectivity index (χ0) is 15.2. The molecule has 0 N–H and O–H groups in total. The zero-order valence-electron chi connectivity index (χ0n) is 12.1. The molecule has 0 aliphatic heterocycles. The van der Waals surface area contributed by atoms with Gasteiger partial charge in [0.25, 0.3) is 0 Å². The summed E-state index contributed by atoms with van der Waals surface area (Å²) < 4.78 is 0. The van der Waals surface area contributed by atoms with Crippen molar-refractivity contribution in [1.29, 1.82) is 0 Å². The Labute approximate surface area is 123 Å². The topological polar surface area (TPSA) is 88.3 Å². The molecule has 21 heavy (non-hydrogen) atoms. The molecule has 0 radical (unpaired) electrons. The van der Waals surface area contributed by atoms with E-state index < -0.39 is 0 Å². The quantitative estimate of drug-likeness (QED) is 0.527. The second-order valence-electron chi connectivity index (χ2n) is 5.96. The van der Waals surface area contributed by atoms with Crippen molar-refractivity contribution in [3.05, 3.63) is 0 Å². The van der Waals surface area contributed by atoms with Gasteiger partial charge in [0.15, 0.2) is 0 Å². The first-order valence-electron chi connectivity index (χ1n) is 7.41. The van der Waals surface area contributed by atoms with Crippen molar-refractivity contribution >= 4 is 18.2 Å². The lowest BCUT2D eigenvalue weighted by Gasteiger charge is -2.37. The maximum atomic E-state index is 10.7. The highest BCUT2D eigenvalue weighted by Crippen LogP contribution is 2.57. The van der Waals surface area contributed by atoms with E-state index in [1.807, 2.05) is 6.92 Å².